The number of fused-ring (bicyclic) bond motifs is 3. The van der Waals surface area contributed by atoms with Crippen LogP contribution in [0.1, 0.15) is 5.82 Å². The zero-order valence-electron chi connectivity index (χ0n) is 8.20. The minimum atomic E-state index is 0.969. The second-order valence-corrected chi connectivity index (χ2v) is 3.60. The largest absolute Gasteiger partial charge is 0.340 e. The molecular formula is C11H11N3. The highest BCUT2D eigenvalue weighted by molar-refractivity contribution is 6.04. The van der Waals surface area contributed by atoms with E-state index >= 15 is 0 Å². The van der Waals surface area contributed by atoms with Crippen molar-refractivity contribution in [3.05, 3.63) is 30.1 Å². The Morgan fingerprint density at radius 2 is 2.07 bits per heavy atom. The molecule has 0 radical (unpaired) electrons. The molecule has 0 fully saturated rings. The molecule has 70 valence electrons. The maximum Gasteiger partial charge on any atom is 0.159 e. The van der Waals surface area contributed by atoms with Crippen molar-refractivity contribution in [3.8, 4) is 0 Å². The summed E-state index contributed by atoms with van der Waals surface area (Å²) in [4.78, 5) is 7.75. The van der Waals surface area contributed by atoms with Crippen molar-refractivity contribution in [2.24, 2.45) is 7.05 Å². The normalized spacial score (nSPS) is 11.6. The van der Waals surface area contributed by atoms with Crippen molar-refractivity contribution in [1.29, 1.82) is 0 Å². The number of rotatable bonds is 0. The van der Waals surface area contributed by atoms with Crippen molar-refractivity contribution < 1.29 is 0 Å². The quantitative estimate of drug-likeness (QED) is 0.573. The van der Waals surface area contributed by atoms with Crippen LogP contribution in [0.4, 0.5) is 0 Å². The number of H-pyrrole nitrogens is 1. The van der Waals surface area contributed by atoms with Gasteiger partial charge in [0.05, 0.1) is 11.0 Å². The predicted molar refractivity (Wildman–Crippen MR) is 57.3 cm³/mol. The molecule has 0 unspecified atom stereocenters. The van der Waals surface area contributed by atoms with Crippen LogP contribution in [0.2, 0.25) is 0 Å². The summed E-state index contributed by atoms with van der Waals surface area (Å²) in [7, 11) is 2.05. The average Bonchev–Trinajstić information content (AvgIpc) is 2.68. The van der Waals surface area contributed by atoms with E-state index in [4.69, 9.17) is 0 Å². The van der Waals surface area contributed by atoms with Gasteiger partial charge in [-0.05, 0) is 13.0 Å². The number of aromatic amines is 1. The molecule has 3 aromatic rings. The zero-order valence-corrected chi connectivity index (χ0v) is 8.20. The molecule has 3 rings (SSSR count). The van der Waals surface area contributed by atoms with Gasteiger partial charge in [-0.2, -0.15) is 0 Å². The number of aromatic nitrogens is 3. The van der Waals surface area contributed by atoms with Crippen LogP contribution < -0.4 is 0 Å². The van der Waals surface area contributed by atoms with Crippen LogP contribution in [-0.4, -0.2) is 14.5 Å². The minimum Gasteiger partial charge on any atom is -0.340 e. The first kappa shape index (κ1) is 7.62. The Balaban J connectivity index is 2.65. The smallest absolute Gasteiger partial charge is 0.159 e. The number of aryl methyl sites for hydroxylation is 2. The summed E-state index contributed by atoms with van der Waals surface area (Å²) in [6, 6.07) is 8.33. The highest BCUT2D eigenvalue weighted by Gasteiger charge is 2.10. The van der Waals surface area contributed by atoms with E-state index in [0.29, 0.717) is 0 Å². The number of para-hydroxylation sites is 1. The summed E-state index contributed by atoms with van der Waals surface area (Å²) in [5, 5.41) is 1.24. The molecule has 2 aromatic heterocycles. The van der Waals surface area contributed by atoms with Gasteiger partial charge in [-0.1, -0.05) is 18.2 Å². The van der Waals surface area contributed by atoms with E-state index in [-0.39, 0.29) is 0 Å². The van der Waals surface area contributed by atoms with Crippen LogP contribution in [0.5, 0.6) is 0 Å². The van der Waals surface area contributed by atoms with Crippen LogP contribution in [0.25, 0.3) is 22.1 Å². The lowest BCUT2D eigenvalue weighted by Crippen LogP contribution is -1.87. The molecule has 14 heavy (non-hydrogen) atoms. The molecule has 2 heterocycles. The van der Waals surface area contributed by atoms with E-state index in [9.17, 15) is 0 Å². The van der Waals surface area contributed by atoms with Crippen molar-refractivity contribution in [1.82, 2.24) is 14.5 Å². The maximum absolute atomic E-state index is 4.46. The lowest BCUT2D eigenvalue weighted by molar-refractivity contribution is 0.986. The number of hydrogen-bond donors (Lipinski definition) is 1. The molecule has 0 saturated carbocycles. The average molecular weight is 185 g/mol. The third-order valence-corrected chi connectivity index (χ3v) is 2.66. The van der Waals surface area contributed by atoms with Gasteiger partial charge in [0.1, 0.15) is 5.82 Å². The third-order valence-electron chi connectivity index (χ3n) is 2.66. The Hall–Kier alpha value is -1.77. The number of nitrogens with zero attached hydrogens (tertiary/aromatic N) is 2. The Morgan fingerprint density at radius 3 is 2.93 bits per heavy atom. The summed E-state index contributed by atoms with van der Waals surface area (Å²) < 4.78 is 2.12. The standard InChI is InChI=1S/C11H11N3/c1-7-12-10-8-5-3-4-6-9(8)14(2)11(10)13-7/h3-6H,1-2H3,(H,12,13). The molecule has 1 N–H and O–H groups in total. The summed E-state index contributed by atoms with van der Waals surface area (Å²) in [5.41, 5.74) is 3.39. The first-order chi connectivity index (χ1) is 6.77. The van der Waals surface area contributed by atoms with Gasteiger partial charge < -0.3 is 9.55 Å². The molecule has 3 nitrogen and oxygen atoms in total. The Kier molecular flexibility index (Phi) is 1.29. The topological polar surface area (TPSA) is 33.6 Å². The molecule has 0 atom stereocenters. The number of hydrogen-bond acceptors (Lipinski definition) is 1. The summed E-state index contributed by atoms with van der Waals surface area (Å²) in [6.45, 7) is 1.98. The first-order valence-corrected chi connectivity index (χ1v) is 4.67. The van der Waals surface area contributed by atoms with Gasteiger partial charge in [0.25, 0.3) is 0 Å². The maximum atomic E-state index is 4.46. The van der Waals surface area contributed by atoms with E-state index < -0.39 is 0 Å². The van der Waals surface area contributed by atoms with Crippen LogP contribution in [0.3, 0.4) is 0 Å². The molecule has 1 aromatic carbocycles. The lowest BCUT2D eigenvalue weighted by Gasteiger charge is -1.94. The fourth-order valence-electron chi connectivity index (χ4n) is 2.00. The molecule has 0 aliphatic heterocycles. The highest BCUT2D eigenvalue weighted by Crippen LogP contribution is 2.25. The second kappa shape index (κ2) is 2.38. The van der Waals surface area contributed by atoms with Crippen molar-refractivity contribution in [2.75, 3.05) is 0 Å². The van der Waals surface area contributed by atoms with Crippen molar-refractivity contribution >= 4 is 22.1 Å². The van der Waals surface area contributed by atoms with Gasteiger partial charge in [0.15, 0.2) is 5.65 Å². The van der Waals surface area contributed by atoms with Crippen LogP contribution in [-0.2, 0) is 7.05 Å². The monoisotopic (exact) mass is 185 g/mol. The summed E-state index contributed by atoms with van der Waals surface area (Å²) >= 11 is 0. The van der Waals surface area contributed by atoms with E-state index in [0.717, 1.165) is 17.0 Å². The van der Waals surface area contributed by atoms with Gasteiger partial charge in [-0.15, -0.1) is 0 Å². The number of imidazole rings is 1. The van der Waals surface area contributed by atoms with E-state index in [1.165, 1.54) is 10.9 Å². The lowest BCUT2D eigenvalue weighted by atomic mass is 10.2. The molecule has 0 aliphatic rings. The molecule has 3 heteroatoms. The zero-order chi connectivity index (χ0) is 9.71. The molecule has 0 bridgehead atoms. The van der Waals surface area contributed by atoms with Gasteiger partial charge in [-0.25, -0.2) is 4.98 Å². The highest BCUT2D eigenvalue weighted by atomic mass is 15.1. The fraction of sp³-hybridized carbons (Fsp3) is 0.182. The van der Waals surface area contributed by atoms with E-state index in [1.54, 1.807) is 0 Å². The van der Waals surface area contributed by atoms with Gasteiger partial charge in [0, 0.05) is 12.4 Å². The van der Waals surface area contributed by atoms with E-state index in [2.05, 4.69) is 32.7 Å². The van der Waals surface area contributed by atoms with Crippen LogP contribution >= 0.6 is 0 Å². The van der Waals surface area contributed by atoms with Crippen LogP contribution in [0.15, 0.2) is 24.3 Å². The molecule has 0 saturated heterocycles. The molecule has 0 aliphatic carbocycles. The summed E-state index contributed by atoms with van der Waals surface area (Å²) in [5.74, 6) is 0.969. The molecule has 0 spiro atoms. The van der Waals surface area contributed by atoms with Gasteiger partial charge in [-0.3, -0.25) is 0 Å². The fourth-order valence-corrected chi connectivity index (χ4v) is 2.00. The van der Waals surface area contributed by atoms with E-state index in [1.807, 2.05) is 20.0 Å². The van der Waals surface area contributed by atoms with Gasteiger partial charge in [0.2, 0.25) is 0 Å². The van der Waals surface area contributed by atoms with Gasteiger partial charge >= 0.3 is 0 Å². The Bertz CT molecular complexity index is 616. The second-order valence-electron chi connectivity index (χ2n) is 3.60. The SMILES string of the molecule is Cc1nc2c([nH]1)c1ccccc1n2C. The number of benzene rings is 1. The summed E-state index contributed by atoms with van der Waals surface area (Å²) in [6.07, 6.45) is 0. The molecule has 0 amide bonds. The molecular weight excluding hydrogens is 174 g/mol. The third kappa shape index (κ3) is 0.789. The first-order valence-electron chi connectivity index (χ1n) is 4.67. The Morgan fingerprint density at radius 1 is 1.29 bits per heavy atom. The van der Waals surface area contributed by atoms with Crippen molar-refractivity contribution in [2.45, 2.75) is 6.92 Å². The van der Waals surface area contributed by atoms with Crippen molar-refractivity contribution in [3.63, 3.8) is 0 Å². The number of nitrogens with one attached hydrogen (secondary N) is 1. The minimum absolute atomic E-state index is 0.969. The van der Waals surface area contributed by atoms with Crippen LogP contribution in [0, 0.1) is 6.92 Å². The Labute approximate surface area is 81.4 Å². The predicted octanol–water partition coefficient (Wildman–Crippen LogP) is 2.36.